The predicted molar refractivity (Wildman–Crippen MR) is 94.5 cm³/mol. The first-order chi connectivity index (χ1) is 11.7. The summed E-state index contributed by atoms with van der Waals surface area (Å²) in [6, 6.07) is 10.4. The van der Waals surface area contributed by atoms with Gasteiger partial charge in [0.05, 0.1) is 7.11 Å². The molecule has 0 spiro atoms. The molecule has 0 unspecified atom stereocenters. The van der Waals surface area contributed by atoms with Gasteiger partial charge in [-0.1, -0.05) is 12.1 Å². The summed E-state index contributed by atoms with van der Waals surface area (Å²) in [6.07, 6.45) is 3.22. The van der Waals surface area contributed by atoms with Crippen LogP contribution in [0, 0.1) is 6.92 Å². The van der Waals surface area contributed by atoms with Crippen molar-refractivity contribution in [2.75, 3.05) is 27.5 Å². The van der Waals surface area contributed by atoms with Crippen LogP contribution in [0.5, 0.6) is 17.2 Å². The third-order valence-corrected chi connectivity index (χ3v) is 4.79. The number of aryl methyl sites for hydroxylation is 1. The number of ether oxygens (including phenoxy) is 3. The number of hydrogen-bond acceptors (Lipinski definition) is 4. The summed E-state index contributed by atoms with van der Waals surface area (Å²) < 4.78 is 16.7. The van der Waals surface area contributed by atoms with Gasteiger partial charge in [0.2, 0.25) is 6.79 Å². The molecule has 0 bridgehead atoms. The average molecular weight is 323 g/mol. The van der Waals surface area contributed by atoms with Gasteiger partial charge < -0.3 is 19.1 Å². The predicted octanol–water partition coefficient (Wildman–Crippen LogP) is 3.72. The van der Waals surface area contributed by atoms with E-state index in [4.69, 9.17) is 14.2 Å². The van der Waals surface area contributed by atoms with E-state index in [0.29, 0.717) is 6.79 Å². The molecule has 0 saturated heterocycles. The summed E-state index contributed by atoms with van der Waals surface area (Å²) in [5.74, 6) is 2.57. The zero-order valence-corrected chi connectivity index (χ0v) is 14.3. The summed E-state index contributed by atoms with van der Waals surface area (Å²) in [5.41, 5.74) is 6.01. The minimum atomic E-state index is 0.304. The van der Waals surface area contributed by atoms with Crippen LogP contribution in [0.2, 0.25) is 0 Å². The second-order valence-corrected chi connectivity index (χ2v) is 6.25. The van der Waals surface area contributed by atoms with E-state index < -0.39 is 0 Å². The van der Waals surface area contributed by atoms with Crippen molar-refractivity contribution in [3.05, 3.63) is 52.6 Å². The van der Waals surface area contributed by atoms with Crippen molar-refractivity contribution < 1.29 is 14.2 Å². The zero-order chi connectivity index (χ0) is 16.7. The highest BCUT2D eigenvalue weighted by Crippen LogP contribution is 2.41. The first-order valence-electron chi connectivity index (χ1n) is 8.16. The standard InChI is InChI=1S/C20H21NO3/c1-13-5-4-6-18(22-3)15(13)10-17-16-11-20-19(23-12-24-20)9-14(16)7-8-21(17)2/h4-6,9-11H,7-8,12H2,1-3H3/b17-10+. The molecule has 124 valence electrons. The van der Waals surface area contributed by atoms with Crippen LogP contribution in [-0.4, -0.2) is 32.4 Å². The van der Waals surface area contributed by atoms with E-state index in [1.807, 2.05) is 12.1 Å². The molecule has 2 aliphatic heterocycles. The number of likely N-dealkylation sites (N-methyl/N-ethyl adjacent to an activating group) is 1. The van der Waals surface area contributed by atoms with Crippen molar-refractivity contribution in [2.24, 2.45) is 0 Å². The summed E-state index contributed by atoms with van der Waals surface area (Å²) in [5, 5.41) is 0. The van der Waals surface area contributed by atoms with Gasteiger partial charge in [-0.05, 0) is 48.7 Å². The quantitative estimate of drug-likeness (QED) is 0.843. The molecule has 0 aliphatic carbocycles. The Kier molecular flexibility index (Phi) is 3.60. The van der Waals surface area contributed by atoms with Gasteiger partial charge in [-0.15, -0.1) is 0 Å². The van der Waals surface area contributed by atoms with Crippen molar-refractivity contribution in [3.8, 4) is 17.2 Å². The van der Waals surface area contributed by atoms with Crippen LogP contribution in [0.4, 0.5) is 0 Å². The average Bonchev–Trinajstić information content (AvgIpc) is 3.04. The molecule has 2 aliphatic rings. The topological polar surface area (TPSA) is 30.9 Å². The molecule has 0 saturated carbocycles. The lowest BCUT2D eigenvalue weighted by Gasteiger charge is -2.30. The molecule has 2 aromatic rings. The Morgan fingerprint density at radius 2 is 1.96 bits per heavy atom. The molecule has 0 amide bonds. The normalized spacial score (nSPS) is 17.1. The van der Waals surface area contributed by atoms with Gasteiger partial charge in [-0.25, -0.2) is 0 Å². The maximum Gasteiger partial charge on any atom is 0.231 e. The number of benzene rings is 2. The SMILES string of the molecule is COc1cccc(C)c1/C=C1\c2cc3c(cc2CCN1C)OCO3. The lowest BCUT2D eigenvalue weighted by molar-refractivity contribution is 0.174. The van der Waals surface area contributed by atoms with Crippen molar-refractivity contribution in [1.29, 1.82) is 0 Å². The second-order valence-electron chi connectivity index (χ2n) is 6.25. The fourth-order valence-electron chi connectivity index (χ4n) is 3.38. The lowest BCUT2D eigenvalue weighted by atomic mass is 9.94. The summed E-state index contributed by atoms with van der Waals surface area (Å²) in [6.45, 7) is 3.39. The van der Waals surface area contributed by atoms with Gasteiger partial charge in [0.25, 0.3) is 0 Å². The van der Waals surface area contributed by atoms with Crippen molar-refractivity contribution in [3.63, 3.8) is 0 Å². The van der Waals surface area contributed by atoms with Crippen LogP contribution < -0.4 is 14.2 Å². The van der Waals surface area contributed by atoms with Crippen LogP contribution in [-0.2, 0) is 6.42 Å². The number of methoxy groups -OCH3 is 1. The number of nitrogens with zero attached hydrogens (tertiary/aromatic N) is 1. The van der Waals surface area contributed by atoms with Gasteiger partial charge >= 0.3 is 0 Å². The number of hydrogen-bond donors (Lipinski definition) is 0. The monoisotopic (exact) mass is 323 g/mol. The van der Waals surface area contributed by atoms with Crippen molar-refractivity contribution in [1.82, 2.24) is 4.90 Å². The molecular formula is C20H21NO3. The second kappa shape index (κ2) is 5.78. The summed E-state index contributed by atoms with van der Waals surface area (Å²) in [4.78, 5) is 2.29. The van der Waals surface area contributed by atoms with Crippen molar-refractivity contribution >= 4 is 11.8 Å². The maximum absolute atomic E-state index is 5.57. The highest BCUT2D eigenvalue weighted by molar-refractivity contribution is 5.86. The molecule has 4 heteroatoms. The van der Waals surface area contributed by atoms with Crippen LogP contribution in [0.25, 0.3) is 11.8 Å². The van der Waals surface area contributed by atoms with E-state index in [0.717, 1.165) is 35.8 Å². The molecule has 2 heterocycles. The van der Waals surface area contributed by atoms with Crippen molar-refractivity contribution in [2.45, 2.75) is 13.3 Å². The Morgan fingerprint density at radius 1 is 1.17 bits per heavy atom. The van der Waals surface area contributed by atoms with Crippen LogP contribution in [0.3, 0.4) is 0 Å². The Hall–Kier alpha value is -2.62. The molecule has 0 radical (unpaired) electrons. The fraction of sp³-hybridized carbons (Fsp3) is 0.300. The van der Waals surface area contributed by atoms with E-state index >= 15 is 0 Å². The molecular weight excluding hydrogens is 302 g/mol. The van der Waals surface area contributed by atoms with E-state index in [-0.39, 0.29) is 0 Å². The third kappa shape index (κ3) is 2.39. The third-order valence-electron chi connectivity index (χ3n) is 4.79. The smallest absolute Gasteiger partial charge is 0.231 e. The molecule has 0 fully saturated rings. The summed E-state index contributed by atoms with van der Waals surface area (Å²) >= 11 is 0. The minimum absolute atomic E-state index is 0.304. The molecule has 0 atom stereocenters. The Bertz CT molecular complexity index is 826. The van der Waals surface area contributed by atoms with Crippen LogP contribution >= 0.6 is 0 Å². The minimum Gasteiger partial charge on any atom is -0.496 e. The Labute approximate surface area is 142 Å². The summed E-state index contributed by atoms with van der Waals surface area (Å²) in [7, 11) is 3.84. The van der Waals surface area contributed by atoms with Gasteiger partial charge in [-0.2, -0.15) is 0 Å². The van der Waals surface area contributed by atoms with E-state index in [9.17, 15) is 0 Å². The van der Waals surface area contributed by atoms with E-state index in [1.54, 1.807) is 7.11 Å². The molecule has 4 rings (SSSR count). The Morgan fingerprint density at radius 3 is 2.75 bits per heavy atom. The first kappa shape index (κ1) is 14.9. The first-order valence-corrected chi connectivity index (χ1v) is 8.16. The lowest BCUT2D eigenvalue weighted by Crippen LogP contribution is -2.25. The zero-order valence-electron chi connectivity index (χ0n) is 14.3. The molecule has 24 heavy (non-hydrogen) atoms. The molecule has 2 aromatic carbocycles. The van der Waals surface area contributed by atoms with Gasteiger partial charge in [0, 0.05) is 30.4 Å². The van der Waals surface area contributed by atoms with Crippen LogP contribution in [0.15, 0.2) is 30.3 Å². The largest absolute Gasteiger partial charge is 0.496 e. The van der Waals surface area contributed by atoms with Gasteiger partial charge in [0.1, 0.15) is 5.75 Å². The number of fused-ring (bicyclic) bond motifs is 2. The van der Waals surface area contributed by atoms with Gasteiger partial charge in [-0.3, -0.25) is 0 Å². The van der Waals surface area contributed by atoms with Crippen LogP contribution in [0.1, 0.15) is 22.3 Å². The van der Waals surface area contributed by atoms with E-state index in [2.05, 4.69) is 43.1 Å². The molecule has 0 aromatic heterocycles. The Balaban J connectivity index is 1.88. The van der Waals surface area contributed by atoms with E-state index in [1.165, 1.54) is 22.4 Å². The number of rotatable bonds is 2. The molecule has 0 N–H and O–H groups in total. The highest BCUT2D eigenvalue weighted by atomic mass is 16.7. The highest BCUT2D eigenvalue weighted by Gasteiger charge is 2.24. The fourth-order valence-corrected chi connectivity index (χ4v) is 3.38. The van der Waals surface area contributed by atoms with Gasteiger partial charge in [0.15, 0.2) is 11.5 Å². The maximum atomic E-state index is 5.57. The molecule has 4 nitrogen and oxygen atoms in total.